The average molecular weight is 447 g/mol. The maximum Gasteiger partial charge on any atom is 0.586 e. The first-order chi connectivity index (χ1) is 14.7. The predicted octanol–water partition coefficient (Wildman–Crippen LogP) is 2.68. The normalized spacial score (nSPS) is 14.8. The van der Waals surface area contributed by atoms with Crippen LogP contribution in [-0.2, 0) is 4.79 Å². The maximum absolute atomic E-state index is 13.4. The zero-order chi connectivity index (χ0) is 22.3. The molecule has 0 aliphatic carbocycles. The number of benzene rings is 1. The Kier molecular flexibility index (Phi) is 4.93. The molecule has 1 aromatic carbocycles. The highest BCUT2D eigenvalue weighted by Gasteiger charge is 2.43. The van der Waals surface area contributed by atoms with Crippen LogP contribution in [0.3, 0.4) is 0 Å². The summed E-state index contributed by atoms with van der Waals surface area (Å²) in [5.74, 6) is -1.51. The molecule has 12 heteroatoms. The highest BCUT2D eigenvalue weighted by molar-refractivity contribution is 7.18. The van der Waals surface area contributed by atoms with Gasteiger partial charge in [0.25, 0.3) is 0 Å². The third kappa shape index (κ3) is 3.84. The monoisotopic (exact) mass is 447 g/mol. The number of hydrogen-bond acceptors (Lipinski definition) is 9. The van der Waals surface area contributed by atoms with Crippen LogP contribution in [0.25, 0.3) is 0 Å². The van der Waals surface area contributed by atoms with Gasteiger partial charge in [0, 0.05) is 29.7 Å². The molecule has 0 saturated carbocycles. The van der Waals surface area contributed by atoms with Gasteiger partial charge in [0.2, 0.25) is 11.7 Å². The second kappa shape index (κ2) is 7.47. The summed E-state index contributed by atoms with van der Waals surface area (Å²) in [4.78, 5) is 34.4. The van der Waals surface area contributed by atoms with Gasteiger partial charge in [0.1, 0.15) is 16.7 Å². The van der Waals surface area contributed by atoms with E-state index in [1.165, 1.54) is 54.5 Å². The lowest BCUT2D eigenvalue weighted by molar-refractivity contribution is -0.286. The van der Waals surface area contributed by atoms with Crippen molar-refractivity contribution in [3.8, 4) is 11.5 Å². The van der Waals surface area contributed by atoms with Crippen LogP contribution in [-0.4, -0.2) is 34.0 Å². The van der Waals surface area contributed by atoms with E-state index in [2.05, 4.69) is 19.4 Å². The van der Waals surface area contributed by atoms with Gasteiger partial charge in [-0.25, -0.2) is 4.98 Å². The first kappa shape index (κ1) is 20.5. The van der Waals surface area contributed by atoms with Crippen LogP contribution in [0, 0.1) is 0 Å². The number of hydrogen-bond donors (Lipinski definition) is 2. The number of nitrogen functional groups attached to an aromatic ring is 1. The largest absolute Gasteiger partial charge is 0.586 e. The molecule has 0 saturated heterocycles. The Hall–Kier alpha value is -3.80. The molecule has 4 rings (SSSR count). The van der Waals surface area contributed by atoms with Crippen molar-refractivity contribution >= 4 is 39.7 Å². The van der Waals surface area contributed by atoms with Gasteiger partial charge in [-0.15, -0.1) is 8.78 Å². The van der Waals surface area contributed by atoms with E-state index in [-0.39, 0.29) is 38.8 Å². The number of thiazole rings is 1. The summed E-state index contributed by atoms with van der Waals surface area (Å²) in [6, 6.07) is 6.08. The summed E-state index contributed by atoms with van der Waals surface area (Å²) < 4.78 is 35.7. The van der Waals surface area contributed by atoms with E-state index in [0.717, 1.165) is 11.3 Å². The van der Waals surface area contributed by atoms with E-state index in [9.17, 15) is 18.4 Å². The van der Waals surface area contributed by atoms with Gasteiger partial charge < -0.3 is 25.8 Å². The molecule has 2 aromatic heterocycles. The topological polar surface area (TPSA) is 134 Å². The summed E-state index contributed by atoms with van der Waals surface area (Å²) in [5, 5.41) is 0.173. The molecule has 3 heterocycles. The first-order valence-electron chi connectivity index (χ1n) is 8.86. The quantitative estimate of drug-likeness (QED) is 0.551. The van der Waals surface area contributed by atoms with Crippen molar-refractivity contribution in [3.63, 3.8) is 0 Å². The minimum Gasteiger partial charge on any atom is -0.395 e. The number of pyridine rings is 1. The van der Waals surface area contributed by atoms with Crippen molar-refractivity contribution in [2.45, 2.75) is 19.3 Å². The summed E-state index contributed by atoms with van der Waals surface area (Å²) >= 11 is 0.936. The van der Waals surface area contributed by atoms with Crippen molar-refractivity contribution in [2.75, 3.05) is 10.6 Å². The van der Waals surface area contributed by atoms with Gasteiger partial charge in [-0.1, -0.05) is 11.3 Å². The molecular weight excluding hydrogens is 432 g/mol. The zero-order valence-electron chi connectivity index (χ0n) is 15.9. The van der Waals surface area contributed by atoms with Crippen LogP contribution >= 0.6 is 11.3 Å². The Bertz CT molecular complexity index is 1170. The SMILES string of the molecule is C[C@H](C(N)=O)N(c1ccc2c(c1)OC(F)(F)O2)c1nc(N)c(C(=O)c2ccncc2)s1. The second-order valence-corrected chi connectivity index (χ2v) is 7.50. The molecule has 1 aliphatic rings. The zero-order valence-corrected chi connectivity index (χ0v) is 16.7. The van der Waals surface area contributed by atoms with Crippen LogP contribution in [0.5, 0.6) is 11.5 Å². The second-order valence-electron chi connectivity index (χ2n) is 6.52. The molecule has 0 fully saturated rings. The van der Waals surface area contributed by atoms with Crippen LogP contribution in [0.4, 0.5) is 25.4 Å². The molecule has 0 unspecified atom stereocenters. The fraction of sp³-hybridized carbons (Fsp3) is 0.158. The number of alkyl halides is 2. The Morgan fingerprint density at radius 2 is 1.84 bits per heavy atom. The lowest BCUT2D eigenvalue weighted by Gasteiger charge is -2.26. The molecule has 160 valence electrons. The van der Waals surface area contributed by atoms with Gasteiger partial charge >= 0.3 is 6.29 Å². The van der Waals surface area contributed by atoms with Crippen LogP contribution < -0.4 is 25.8 Å². The molecule has 1 aliphatic heterocycles. The molecular formula is C19H15F2N5O4S. The minimum atomic E-state index is -3.79. The minimum absolute atomic E-state index is 0.0456. The number of aromatic nitrogens is 2. The van der Waals surface area contributed by atoms with Gasteiger partial charge in [0.05, 0.1) is 0 Å². The number of nitrogens with zero attached hydrogens (tertiary/aromatic N) is 3. The number of ketones is 1. The fourth-order valence-electron chi connectivity index (χ4n) is 2.93. The number of ether oxygens (including phenoxy) is 2. The average Bonchev–Trinajstić information content (AvgIpc) is 3.25. The van der Waals surface area contributed by atoms with Crippen molar-refractivity contribution in [2.24, 2.45) is 5.73 Å². The Morgan fingerprint density at radius 3 is 2.52 bits per heavy atom. The van der Waals surface area contributed by atoms with Gasteiger partial charge in [0.15, 0.2) is 16.6 Å². The third-order valence-corrected chi connectivity index (χ3v) is 5.53. The number of fused-ring (bicyclic) bond motifs is 1. The molecule has 1 atom stereocenters. The molecule has 3 aromatic rings. The number of anilines is 3. The number of nitrogens with two attached hydrogens (primary N) is 2. The van der Waals surface area contributed by atoms with Crippen LogP contribution in [0.2, 0.25) is 0 Å². The number of primary amides is 1. The molecule has 31 heavy (non-hydrogen) atoms. The van der Waals surface area contributed by atoms with Crippen molar-refractivity contribution in [1.29, 1.82) is 0 Å². The first-order valence-corrected chi connectivity index (χ1v) is 9.67. The van der Waals surface area contributed by atoms with E-state index in [1.54, 1.807) is 0 Å². The Balaban J connectivity index is 1.75. The number of halogens is 2. The lowest BCUT2D eigenvalue weighted by atomic mass is 10.1. The molecule has 0 radical (unpaired) electrons. The summed E-state index contributed by atoms with van der Waals surface area (Å²) in [5.41, 5.74) is 12.1. The standard InChI is InChI=1S/C19H15F2N5O4S/c1-9(17(23)28)26(11-2-3-12-13(8-11)30-19(20,21)29-12)18-25-16(22)15(31-18)14(27)10-4-6-24-7-5-10/h2-9H,22H2,1H3,(H2,23,28)/t9-/m1/s1. The highest BCUT2D eigenvalue weighted by atomic mass is 32.1. The molecule has 4 N–H and O–H groups in total. The smallest absolute Gasteiger partial charge is 0.395 e. The number of rotatable bonds is 6. The summed E-state index contributed by atoms with van der Waals surface area (Å²) in [6.45, 7) is 1.50. The van der Waals surface area contributed by atoms with E-state index in [0.29, 0.717) is 5.56 Å². The maximum atomic E-state index is 13.4. The molecule has 9 nitrogen and oxygen atoms in total. The van der Waals surface area contributed by atoms with Gasteiger partial charge in [-0.3, -0.25) is 14.6 Å². The predicted molar refractivity (Wildman–Crippen MR) is 108 cm³/mol. The fourth-order valence-corrected chi connectivity index (χ4v) is 3.98. The van der Waals surface area contributed by atoms with E-state index < -0.39 is 18.2 Å². The Labute approximate surface area is 178 Å². The van der Waals surface area contributed by atoms with Crippen LogP contribution in [0.1, 0.15) is 22.2 Å². The van der Waals surface area contributed by atoms with E-state index in [1.807, 2.05) is 0 Å². The van der Waals surface area contributed by atoms with Gasteiger partial charge in [-0.05, 0) is 31.2 Å². The van der Waals surface area contributed by atoms with Crippen molar-refractivity contribution < 1.29 is 27.8 Å². The van der Waals surface area contributed by atoms with Crippen molar-refractivity contribution in [3.05, 3.63) is 53.2 Å². The van der Waals surface area contributed by atoms with E-state index >= 15 is 0 Å². The molecule has 0 spiro atoms. The highest BCUT2D eigenvalue weighted by Crippen LogP contribution is 2.45. The number of carbonyl (C=O) groups excluding carboxylic acids is 2. The van der Waals surface area contributed by atoms with Crippen molar-refractivity contribution in [1.82, 2.24) is 9.97 Å². The lowest BCUT2D eigenvalue weighted by Crippen LogP contribution is -2.39. The molecule has 1 amide bonds. The third-order valence-electron chi connectivity index (χ3n) is 4.46. The van der Waals surface area contributed by atoms with Gasteiger partial charge in [-0.2, -0.15) is 0 Å². The van der Waals surface area contributed by atoms with E-state index in [4.69, 9.17) is 11.5 Å². The summed E-state index contributed by atoms with van der Waals surface area (Å²) in [7, 11) is 0. The van der Waals surface area contributed by atoms with Crippen LogP contribution in [0.15, 0.2) is 42.7 Å². The number of amides is 1. The molecule has 0 bridgehead atoms. The summed E-state index contributed by atoms with van der Waals surface area (Å²) in [6.07, 6.45) is -0.860. The Morgan fingerprint density at radius 1 is 1.16 bits per heavy atom. The number of carbonyl (C=O) groups is 2.